The lowest BCUT2D eigenvalue weighted by Gasteiger charge is -2.34. The summed E-state index contributed by atoms with van der Waals surface area (Å²) in [5, 5.41) is 3.58. The summed E-state index contributed by atoms with van der Waals surface area (Å²) < 4.78 is 1.83. The number of aromatic nitrogens is 2. The summed E-state index contributed by atoms with van der Waals surface area (Å²) in [6.07, 6.45) is 3.83. The number of carbonyl (C=O) groups excluding carboxylic acids is 1. The Hall–Kier alpha value is -2.57. The van der Waals surface area contributed by atoms with Crippen LogP contribution in [0, 0.1) is 0 Å². The van der Waals surface area contributed by atoms with Crippen molar-refractivity contribution in [2.75, 3.05) is 43.4 Å². The predicted molar refractivity (Wildman–Crippen MR) is 109 cm³/mol. The van der Waals surface area contributed by atoms with Gasteiger partial charge in [-0.3, -0.25) is 4.79 Å². The molecule has 0 spiro atoms. The highest BCUT2D eigenvalue weighted by atomic mass is 35.5. The fourth-order valence-electron chi connectivity index (χ4n) is 3.29. The van der Waals surface area contributed by atoms with Gasteiger partial charge in [0.15, 0.2) is 0 Å². The van der Waals surface area contributed by atoms with Crippen LogP contribution in [0.25, 0.3) is 5.65 Å². The molecule has 1 aliphatic rings. The Morgan fingerprint density at radius 2 is 1.81 bits per heavy atom. The number of anilines is 2. The van der Waals surface area contributed by atoms with Gasteiger partial charge in [0.05, 0.1) is 17.1 Å². The van der Waals surface area contributed by atoms with Crippen molar-refractivity contribution in [3.8, 4) is 0 Å². The van der Waals surface area contributed by atoms with Crippen LogP contribution in [0.3, 0.4) is 0 Å². The number of hydrogen-bond donors (Lipinski definition) is 1. The molecule has 1 amide bonds. The Kier molecular flexibility index (Phi) is 5.01. The summed E-state index contributed by atoms with van der Waals surface area (Å²) in [6, 6.07) is 11.7. The molecule has 0 atom stereocenters. The van der Waals surface area contributed by atoms with Crippen LogP contribution in [0.4, 0.5) is 11.4 Å². The zero-order chi connectivity index (χ0) is 18.8. The maximum Gasteiger partial charge on any atom is 0.230 e. The molecular weight excluding hydrogens is 362 g/mol. The molecule has 6 nitrogen and oxygen atoms in total. The predicted octanol–water partition coefficient (Wildman–Crippen LogP) is 2.92. The Bertz CT molecular complexity index is 945. The van der Waals surface area contributed by atoms with Gasteiger partial charge in [-0.2, -0.15) is 0 Å². The molecular formula is C20H22ClN5O. The van der Waals surface area contributed by atoms with E-state index >= 15 is 0 Å². The lowest BCUT2D eigenvalue weighted by atomic mass is 10.2. The fraction of sp³-hybridized carbons (Fsp3) is 0.300. The molecule has 3 aromatic rings. The van der Waals surface area contributed by atoms with Gasteiger partial charge in [0.2, 0.25) is 5.91 Å². The first-order valence-corrected chi connectivity index (χ1v) is 9.41. The highest BCUT2D eigenvalue weighted by molar-refractivity contribution is 6.30. The molecule has 0 radical (unpaired) electrons. The minimum absolute atomic E-state index is 0.0862. The average Bonchev–Trinajstić information content (AvgIpc) is 3.04. The monoisotopic (exact) mass is 383 g/mol. The van der Waals surface area contributed by atoms with Crippen LogP contribution >= 0.6 is 11.6 Å². The zero-order valence-electron chi connectivity index (χ0n) is 15.2. The second-order valence-electron chi connectivity index (χ2n) is 6.91. The molecule has 7 heteroatoms. The smallest absolute Gasteiger partial charge is 0.230 e. The lowest BCUT2D eigenvalue weighted by molar-refractivity contribution is -0.115. The maximum atomic E-state index is 12.3. The molecule has 1 fully saturated rings. The summed E-state index contributed by atoms with van der Waals surface area (Å²) in [6.45, 7) is 4.20. The van der Waals surface area contributed by atoms with E-state index in [1.165, 1.54) is 5.69 Å². The summed E-state index contributed by atoms with van der Waals surface area (Å²) in [5.74, 6) is -0.0862. The topological polar surface area (TPSA) is 52.9 Å². The number of halogens is 1. The number of nitrogens with zero attached hydrogens (tertiary/aromatic N) is 4. The summed E-state index contributed by atoms with van der Waals surface area (Å²) in [4.78, 5) is 21.5. The van der Waals surface area contributed by atoms with Gasteiger partial charge in [0.25, 0.3) is 0 Å². The van der Waals surface area contributed by atoms with Crippen molar-refractivity contribution in [3.05, 3.63) is 59.5 Å². The number of hydrogen-bond acceptors (Lipinski definition) is 4. The first kappa shape index (κ1) is 17.8. The third-order valence-corrected chi connectivity index (χ3v) is 5.05. The number of nitrogens with one attached hydrogen (secondary N) is 1. The summed E-state index contributed by atoms with van der Waals surface area (Å²) >= 11 is 5.98. The van der Waals surface area contributed by atoms with E-state index in [4.69, 9.17) is 11.6 Å². The number of pyridine rings is 1. The second kappa shape index (κ2) is 7.58. The standard InChI is InChI=1S/C20H22ClN5O/c1-24-8-10-25(11-9-24)18-5-3-16(4-6-18)23-20(27)12-17-14-26-13-15(21)2-7-19(26)22-17/h2-7,13-14H,8-12H2,1H3,(H,23,27). The molecule has 0 bridgehead atoms. The van der Waals surface area contributed by atoms with Crippen LogP contribution in [-0.4, -0.2) is 53.4 Å². The van der Waals surface area contributed by atoms with Crippen LogP contribution in [-0.2, 0) is 11.2 Å². The van der Waals surface area contributed by atoms with Crippen molar-refractivity contribution in [1.29, 1.82) is 0 Å². The SMILES string of the molecule is CN1CCN(c2ccc(NC(=O)Cc3cn4cc(Cl)ccc4n3)cc2)CC1. The minimum atomic E-state index is -0.0862. The molecule has 1 N–H and O–H groups in total. The van der Waals surface area contributed by atoms with Gasteiger partial charge < -0.3 is 19.5 Å². The molecule has 27 heavy (non-hydrogen) atoms. The number of carbonyl (C=O) groups is 1. The number of rotatable bonds is 4. The van der Waals surface area contributed by atoms with Crippen LogP contribution < -0.4 is 10.2 Å². The number of likely N-dealkylation sites (N-methyl/N-ethyl adjacent to an activating group) is 1. The van der Waals surface area contributed by atoms with E-state index < -0.39 is 0 Å². The van der Waals surface area contributed by atoms with E-state index in [1.807, 2.05) is 28.8 Å². The van der Waals surface area contributed by atoms with Crippen LogP contribution in [0.2, 0.25) is 5.02 Å². The quantitative estimate of drug-likeness (QED) is 0.752. The summed E-state index contributed by atoms with van der Waals surface area (Å²) in [5.41, 5.74) is 3.48. The molecule has 2 aromatic heterocycles. The first-order valence-electron chi connectivity index (χ1n) is 9.03. The Labute approximate surface area is 163 Å². The number of piperazine rings is 1. The van der Waals surface area contributed by atoms with Crippen molar-refractivity contribution in [2.45, 2.75) is 6.42 Å². The summed E-state index contributed by atoms with van der Waals surface area (Å²) in [7, 11) is 2.15. The van der Waals surface area contributed by atoms with E-state index in [2.05, 4.69) is 39.3 Å². The number of amides is 1. The van der Waals surface area contributed by atoms with Crippen molar-refractivity contribution in [1.82, 2.24) is 14.3 Å². The van der Waals surface area contributed by atoms with Crippen molar-refractivity contribution < 1.29 is 4.79 Å². The van der Waals surface area contributed by atoms with Crippen molar-refractivity contribution >= 4 is 34.5 Å². The largest absolute Gasteiger partial charge is 0.369 e. The average molecular weight is 384 g/mol. The third kappa shape index (κ3) is 4.23. The van der Waals surface area contributed by atoms with Crippen molar-refractivity contribution in [2.24, 2.45) is 0 Å². The maximum absolute atomic E-state index is 12.3. The van der Waals surface area contributed by atoms with E-state index in [9.17, 15) is 4.79 Å². The molecule has 3 heterocycles. The van der Waals surface area contributed by atoms with E-state index in [0.717, 1.165) is 37.5 Å². The lowest BCUT2D eigenvalue weighted by Crippen LogP contribution is -2.44. The number of imidazole rings is 1. The number of benzene rings is 1. The molecule has 1 saturated heterocycles. The highest BCUT2D eigenvalue weighted by Crippen LogP contribution is 2.19. The van der Waals surface area contributed by atoms with Gasteiger partial charge in [0, 0.05) is 49.9 Å². The molecule has 4 rings (SSSR count). The molecule has 1 aliphatic heterocycles. The molecule has 0 aliphatic carbocycles. The minimum Gasteiger partial charge on any atom is -0.369 e. The van der Waals surface area contributed by atoms with Gasteiger partial charge in [-0.1, -0.05) is 11.6 Å². The van der Waals surface area contributed by atoms with Gasteiger partial charge in [-0.25, -0.2) is 4.98 Å². The Morgan fingerprint density at radius 3 is 2.56 bits per heavy atom. The Morgan fingerprint density at radius 1 is 1.07 bits per heavy atom. The molecule has 1 aromatic carbocycles. The molecule has 140 valence electrons. The normalized spacial score (nSPS) is 15.3. The van der Waals surface area contributed by atoms with Gasteiger partial charge >= 0.3 is 0 Å². The first-order chi connectivity index (χ1) is 13.1. The molecule has 0 saturated carbocycles. The van der Waals surface area contributed by atoms with Gasteiger partial charge in [0.1, 0.15) is 5.65 Å². The zero-order valence-corrected chi connectivity index (χ0v) is 16.0. The third-order valence-electron chi connectivity index (χ3n) is 4.83. The van der Waals surface area contributed by atoms with E-state index in [-0.39, 0.29) is 12.3 Å². The van der Waals surface area contributed by atoms with Crippen LogP contribution in [0.1, 0.15) is 5.69 Å². The van der Waals surface area contributed by atoms with Crippen LogP contribution in [0.5, 0.6) is 0 Å². The van der Waals surface area contributed by atoms with Gasteiger partial charge in [-0.05, 0) is 43.4 Å². The second-order valence-corrected chi connectivity index (χ2v) is 7.34. The van der Waals surface area contributed by atoms with E-state index in [1.54, 1.807) is 12.3 Å². The fourth-order valence-corrected chi connectivity index (χ4v) is 3.46. The Balaban J connectivity index is 1.37. The van der Waals surface area contributed by atoms with Gasteiger partial charge in [-0.15, -0.1) is 0 Å². The van der Waals surface area contributed by atoms with Crippen LogP contribution in [0.15, 0.2) is 48.8 Å². The van der Waals surface area contributed by atoms with Crippen molar-refractivity contribution in [3.63, 3.8) is 0 Å². The molecule has 0 unspecified atom stereocenters. The van der Waals surface area contributed by atoms with E-state index in [0.29, 0.717) is 10.7 Å². The number of fused-ring (bicyclic) bond motifs is 1. The highest BCUT2D eigenvalue weighted by Gasteiger charge is 2.14.